The van der Waals surface area contributed by atoms with Crippen molar-refractivity contribution < 1.29 is 14.6 Å². The first-order chi connectivity index (χ1) is 8.76. The van der Waals surface area contributed by atoms with Crippen LogP contribution in [-0.4, -0.2) is 21.6 Å². The molecule has 0 fully saturated rings. The Kier molecular flexibility index (Phi) is 4.11. The molecule has 1 aromatic carbocycles. The minimum absolute atomic E-state index is 0.0323. The smallest absolute Gasteiger partial charge is 0.298 e. The third-order valence-corrected chi connectivity index (χ3v) is 3.01. The minimum Gasteiger partial charge on any atom is -0.493 e. The average molecular weight is 266 g/mol. The molecule has 0 bridgehead atoms. The third kappa shape index (κ3) is 2.77. The Morgan fingerprint density at radius 3 is 2.78 bits per heavy atom. The normalized spacial score (nSPS) is 10.4. The van der Waals surface area contributed by atoms with Crippen LogP contribution < -0.4 is 9.47 Å². The molecule has 1 aromatic heterocycles. The number of aliphatic hydroxyl groups is 1. The van der Waals surface area contributed by atoms with E-state index in [1.807, 2.05) is 6.92 Å². The summed E-state index contributed by atoms with van der Waals surface area (Å²) >= 11 is 1.21. The number of hydrogen-bond donors (Lipinski definition) is 1. The van der Waals surface area contributed by atoms with Crippen LogP contribution in [0.1, 0.15) is 18.3 Å². The fraction of sp³-hybridized carbons (Fsp3) is 0.333. The number of methoxy groups -OCH3 is 1. The van der Waals surface area contributed by atoms with Gasteiger partial charge in [-0.1, -0.05) is 13.0 Å². The first kappa shape index (κ1) is 12.8. The van der Waals surface area contributed by atoms with Crippen molar-refractivity contribution in [3.05, 3.63) is 29.6 Å². The minimum atomic E-state index is -0.0323. The van der Waals surface area contributed by atoms with Gasteiger partial charge < -0.3 is 14.6 Å². The molecule has 2 aromatic rings. The number of aliphatic hydroxyl groups excluding tert-OH is 1. The van der Waals surface area contributed by atoms with Crippen molar-refractivity contribution in [1.82, 2.24) is 9.36 Å². The first-order valence-electron chi connectivity index (χ1n) is 5.55. The Hall–Kier alpha value is -1.66. The van der Waals surface area contributed by atoms with Crippen LogP contribution >= 0.6 is 11.5 Å². The molecule has 0 spiro atoms. The summed E-state index contributed by atoms with van der Waals surface area (Å²) in [6.45, 7) is 1.96. The standard InChI is InChI=1S/C12H14N2O3S/c1-3-11-13-12(18-14-11)17-9-5-4-8(7-15)6-10(9)16-2/h4-6,15H,3,7H2,1-2H3. The van der Waals surface area contributed by atoms with Crippen molar-refractivity contribution in [1.29, 1.82) is 0 Å². The number of hydrogen-bond acceptors (Lipinski definition) is 6. The second-order valence-corrected chi connectivity index (χ2v) is 4.29. The van der Waals surface area contributed by atoms with Crippen molar-refractivity contribution in [2.75, 3.05) is 7.11 Å². The van der Waals surface area contributed by atoms with Gasteiger partial charge in [0, 0.05) is 18.0 Å². The quantitative estimate of drug-likeness (QED) is 0.900. The molecule has 0 unspecified atom stereocenters. The van der Waals surface area contributed by atoms with E-state index in [0.29, 0.717) is 16.7 Å². The summed E-state index contributed by atoms with van der Waals surface area (Å²) in [7, 11) is 1.56. The maximum absolute atomic E-state index is 9.06. The number of rotatable bonds is 5. The van der Waals surface area contributed by atoms with Crippen molar-refractivity contribution in [3.8, 4) is 16.7 Å². The predicted molar refractivity (Wildman–Crippen MR) is 68.3 cm³/mol. The largest absolute Gasteiger partial charge is 0.493 e. The molecule has 0 aliphatic heterocycles. The van der Waals surface area contributed by atoms with Gasteiger partial charge in [0.15, 0.2) is 11.5 Å². The molecule has 0 saturated carbocycles. The highest BCUT2D eigenvalue weighted by Gasteiger charge is 2.10. The molecule has 0 aliphatic carbocycles. The van der Waals surface area contributed by atoms with E-state index in [1.165, 1.54) is 11.5 Å². The van der Waals surface area contributed by atoms with Gasteiger partial charge in [-0.3, -0.25) is 0 Å². The topological polar surface area (TPSA) is 64.5 Å². The van der Waals surface area contributed by atoms with Crippen LogP contribution in [0.3, 0.4) is 0 Å². The summed E-state index contributed by atoms with van der Waals surface area (Å²) in [5.74, 6) is 1.89. The summed E-state index contributed by atoms with van der Waals surface area (Å²) in [6, 6.07) is 5.26. The van der Waals surface area contributed by atoms with E-state index in [0.717, 1.165) is 17.8 Å². The molecule has 2 rings (SSSR count). The van der Waals surface area contributed by atoms with E-state index in [-0.39, 0.29) is 6.61 Å². The summed E-state index contributed by atoms with van der Waals surface area (Å²) in [4.78, 5) is 4.22. The van der Waals surface area contributed by atoms with Gasteiger partial charge in [-0.25, -0.2) is 0 Å². The summed E-state index contributed by atoms with van der Waals surface area (Å²) in [5, 5.41) is 9.54. The molecule has 1 heterocycles. The lowest BCUT2D eigenvalue weighted by molar-refractivity contribution is 0.280. The molecule has 0 atom stereocenters. The molecular weight excluding hydrogens is 252 g/mol. The summed E-state index contributed by atoms with van der Waals surface area (Å²) < 4.78 is 15.0. The Balaban J connectivity index is 2.22. The van der Waals surface area contributed by atoms with E-state index in [1.54, 1.807) is 25.3 Å². The summed E-state index contributed by atoms with van der Waals surface area (Å²) in [6.07, 6.45) is 0.778. The van der Waals surface area contributed by atoms with Gasteiger partial charge >= 0.3 is 0 Å². The Morgan fingerprint density at radius 1 is 1.33 bits per heavy atom. The number of ether oxygens (including phenoxy) is 2. The van der Waals surface area contributed by atoms with Crippen molar-refractivity contribution in [2.24, 2.45) is 0 Å². The fourth-order valence-corrected chi connectivity index (χ4v) is 2.04. The SMILES string of the molecule is CCc1nsc(Oc2ccc(CO)cc2OC)n1. The monoisotopic (exact) mass is 266 g/mol. The third-order valence-electron chi connectivity index (χ3n) is 2.37. The maximum atomic E-state index is 9.06. The molecule has 5 nitrogen and oxygen atoms in total. The van der Waals surface area contributed by atoms with Gasteiger partial charge in [0.05, 0.1) is 13.7 Å². The van der Waals surface area contributed by atoms with E-state index in [9.17, 15) is 0 Å². The zero-order valence-electron chi connectivity index (χ0n) is 10.2. The predicted octanol–water partition coefficient (Wildman–Crippen LogP) is 2.39. The average Bonchev–Trinajstić information content (AvgIpc) is 2.87. The Labute approximate surface area is 109 Å². The number of nitrogens with zero attached hydrogens (tertiary/aromatic N) is 2. The van der Waals surface area contributed by atoms with Crippen LogP contribution in [0.2, 0.25) is 0 Å². The molecule has 96 valence electrons. The Bertz CT molecular complexity index is 528. The highest BCUT2D eigenvalue weighted by molar-refractivity contribution is 7.07. The lowest BCUT2D eigenvalue weighted by atomic mass is 10.2. The van der Waals surface area contributed by atoms with E-state index < -0.39 is 0 Å². The van der Waals surface area contributed by atoms with Gasteiger partial charge in [-0.05, 0) is 17.7 Å². The highest BCUT2D eigenvalue weighted by atomic mass is 32.1. The van der Waals surface area contributed by atoms with Crippen LogP contribution in [-0.2, 0) is 13.0 Å². The van der Waals surface area contributed by atoms with Gasteiger partial charge in [-0.2, -0.15) is 9.36 Å². The van der Waals surface area contributed by atoms with Crippen LogP contribution in [0.25, 0.3) is 0 Å². The molecular formula is C12H14N2O3S. The van der Waals surface area contributed by atoms with E-state index in [4.69, 9.17) is 14.6 Å². The van der Waals surface area contributed by atoms with Crippen molar-refractivity contribution in [2.45, 2.75) is 20.0 Å². The first-order valence-corrected chi connectivity index (χ1v) is 6.32. The second kappa shape index (κ2) is 5.79. The van der Waals surface area contributed by atoms with Crippen molar-refractivity contribution in [3.63, 3.8) is 0 Å². The van der Waals surface area contributed by atoms with Crippen molar-refractivity contribution >= 4 is 11.5 Å². The van der Waals surface area contributed by atoms with Gasteiger partial charge in [-0.15, -0.1) is 0 Å². The fourth-order valence-electron chi connectivity index (χ4n) is 1.41. The van der Waals surface area contributed by atoms with E-state index >= 15 is 0 Å². The van der Waals surface area contributed by atoms with Crippen LogP contribution in [0, 0.1) is 0 Å². The second-order valence-electron chi connectivity index (χ2n) is 3.58. The van der Waals surface area contributed by atoms with Crippen LogP contribution in [0.5, 0.6) is 16.7 Å². The van der Waals surface area contributed by atoms with Gasteiger partial charge in [0.2, 0.25) is 0 Å². The molecule has 0 aliphatic rings. The zero-order chi connectivity index (χ0) is 13.0. The lowest BCUT2D eigenvalue weighted by Crippen LogP contribution is -1.92. The van der Waals surface area contributed by atoms with Crippen LogP contribution in [0.15, 0.2) is 18.2 Å². The maximum Gasteiger partial charge on any atom is 0.298 e. The zero-order valence-corrected chi connectivity index (χ0v) is 11.0. The lowest BCUT2D eigenvalue weighted by Gasteiger charge is -2.08. The van der Waals surface area contributed by atoms with Gasteiger partial charge in [0.1, 0.15) is 5.82 Å². The molecule has 1 N–H and O–H groups in total. The highest BCUT2D eigenvalue weighted by Crippen LogP contribution is 2.32. The van der Waals surface area contributed by atoms with Gasteiger partial charge in [0.25, 0.3) is 5.19 Å². The molecule has 18 heavy (non-hydrogen) atoms. The molecule has 0 amide bonds. The number of aromatic nitrogens is 2. The molecule has 0 radical (unpaired) electrons. The molecule has 6 heteroatoms. The van der Waals surface area contributed by atoms with E-state index in [2.05, 4.69) is 9.36 Å². The number of benzene rings is 1. The number of aryl methyl sites for hydroxylation is 1. The van der Waals surface area contributed by atoms with Crippen LogP contribution in [0.4, 0.5) is 0 Å². The molecule has 0 saturated heterocycles. The Morgan fingerprint density at radius 2 is 2.17 bits per heavy atom. The summed E-state index contributed by atoms with van der Waals surface area (Å²) in [5.41, 5.74) is 0.769.